The van der Waals surface area contributed by atoms with E-state index in [1.54, 1.807) is 12.5 Å². The number of imidazole rings is 1. The third-order valence-electron chi connectivity index (χ3n) is 8.50. The molecule has 0 atom stereocenters. The van der Waals surface area contributed by atoms with Crippen LogP contribution in [0, 0.1) is 5.41 Å². The predicted molar refractivity (Wildman–Crippen MR) is 161 cm³/mol. The maximum Gasteiger partial charge on any atom is 0.310 e. The van der Waals surface area contributed by atoms with Crippen LogP contribution in [-0.2, 0) is 24.4 Å². The molecule has 1 N–H and O–H groups in total. The zero-order valence-electron chi connectivity index (χ0n) is 23.2. The van der Waals surface area contributed by atoms with E-state index in [2.05, 4.69) is 34.9 Å². The third kappa shape index (κ3) is 5.02. The summed E-state index contributed by atoms with van der Waals surface area (Å²) >= 11 is 0. The van der Waals surface area contributed by atoms with Gasteiger partial charge >= 0.3 is 5.97 Å². The van der Waals surface area contributed by atoms with Gasteiger partial charge in [0.25, 0.3) is 0 Å². The van der Waals surface area contributed by atoms with Crippen LogP contribution in [0.15, 0.2) is 102 Å². The number of para-hydroxylation sites is 1. The summed E-state index contributed by atoms with van der Waals surface area (Å²) in [5, 5.41) is 11.3. The number of nitrogens with zero attached hydrogens (tertiary/aromatic N) is 3. The summed E-state index contributed by atoms with van der Waals surface area (Å²) in [6.45, 7) is 0.934. The molecular formula is C35H31N3O4. The maximum absolute atomic E-state index is 12.4. The molecule has 1 aliphatic rings. The molecule has 0 spiro atoms. The van der Waals surface area contributed by atoms with E-state index in [0.29, 0.717) is 38.2 Å². The second kappa shape index (κ2) is 10.8. The average Bonchev–Trinajstić information content (AvgIpc) is 3.78. The monoisotopic (exact) mass is 557 g/mol. The van der Waals surface area contributed by atoms with Gasteiger partial charge in [-0.3, -0.25) is 4.79 Å². The standard InChI is InChI=1S/C35H31N3O4/c39-34(40)35(16-3-4-17-35)20-33-37-31-19-29(42-23-28-12-11-26-5-1-2-6-30(26)36-28)13-14-32(31)38(33)21-24-7-9-25(10-8-24)27-15-18-41-22-27/h1-2,5-15,18-19,22H,3-4,16-17,20-21,23H2,(H,39,40). The van der Waals surface area contributed by atoms with Gasteiger partial charge in [-0.05, 0) is 54.3 Å². The van der Waals surface area contributed by atoms with E-state index >= 15 is 0 Å². The van der Waals surface area contributed by atoms with Crippen molar-refractivity contribution >= 4 is 27.9 Å². The Morgan fingerprint density at radius 3 is 2.52 bits per heavy atom. The first-order chi connectivity index (χ1) is 20.6. The molecular weight excluding hydrogens is 526 g/mol. The number of fused-ring (bicyclic) bond motifs is 2. The molecule has 6 aromatic rings. The lowest BCUT2D eigenvalue weighted by Gasteiger charge is -2.24. The number of pyridine rings is 1. The maximum atomic E-state index is 12.4. The molecule has 0 amide bonds. The number of benzene rings is 3. The molecule has 0 bridgehead atoms. The number of ether oxygens (including phenoxy) is 1. The molecule has 7 heteroatoms. The average molecular weight is 558 g/mol. The highest BCUT2D eigenvalue weighted by molar-refractivity contribution is 5.80. The summed E-state index contributed by atoms with van der Waals surface area (Å²) in [6, 6.07) is 28.3. The molecule has 0 aliphatic heterocycles. The van der Waals surface area contributed by atoms with E-state index in [1.165, 1.54) is 0 Å². The third-order valence-corrected chi connectivity index (χ3v) is 8.50. The largest absolute Gasteiger partial charge is 0.487 e. The van der Waals surface area contributed by atoms with Gasteiger partial charge in [-0.15, -0.1) is 0 Å². The molecule has 1 aliphatic carbocycles. The van der Waals surface area contributed by atoms with Crippen LogP contribution < -0.4 is 4.74 Å². The lowest BCUT2D eigenvalue weighted by Crippen LogP contribution is -2.31. The van der Waals surface area contributed by atoms with E-state index in [4.69, 9.17) is 19.1 Å². The number of rotatable bonds is 9. The van der Waals surface area contributed by atoms with Crippen LogP contribution in [0.2, 0.25) is 0 Å². The molecule has 7 rings (SSSR count). The van der Waals surface area contributed by atoms with Crippen molar-refractivity contribution in [3.05, 3.63) is 115 Å². The number of hydrogen-bond donors (Lipinski definition) is 1. The van der Waals surface area contributed by atoms with Gasteiger partial charge in [-0.2, -0.15) is 0 Å². The molecule has 0 radical (unpaired) electrons. The summed E-state index contributed by atoms with van der Waals surface area (Å²) in [4.78, 5) is 22.2. The van der Waals surface area contributed by atoms with Gasteiger partial charge in [0.15, 0.2) is 0 Å². The van der Waals surface area contributed by atoms with Gasteiger partial charge in [0.05, 0.1) is 40.2 Å². The van der Waals surface area contributed by atoms with Crippen LogP contribution in [0.25, 0.3) is 33.1 Å². The Bertz CT molecular complexity index is 1870. The molecule has 3 aromatic carbocycles. The van der Waals surface area contributed by atoms with Crippen LogP contribution in [0.1, 0.15) is 42.8 Å². The van der Waals surface area contributed by atoms with E-state index in [-0.39, 0.29) is 0 Å². The van der Waals surface area contributed by atoms with E-state index < -0.39 is 11.4 Å². The second-order valence-corrected chi connectivity index (χ2v) is 11.2. The smallest absolute Gasteiger partial charge is 0.310 e. The number of hydrogen-bond acceptors (Lipinski definition) is 5. The van der Waals surface area contributed by atoms with E-state index in [9.17, 15) is 9.90 Å². The molecule has 0 saturated heterocycles. The summed E-state index contributed by atoms with van der Waals surface area (Å²) in [6.07, 6.45) is 7.03. The molecule has 0 unspecified atom stereocenters. The number of carbonyl (C=O) groups is 1. The fourth-order valence-electron chi connectivity index (χ4n) is 6.14. The first-order valence-corrected chi connectivity index (χ1v) is 14.4. The van der Waals surface area contributed by atoms with Crippen LogP contribution in [0.5, 0.6) is 5.75 Å². The van der Waals surface area contributed by atoms with Crippen LogP contribution >= 0.6 is 0 Å². The SMILES string of the molecule is O=C(O)C1(Cc2nc3cc(OCc4ccc5ccccc5n4)ccc3n2Cc2ccc(-c3ccoc3)cc2)CCCC1. The summed E-state index contributed by atoms with van der Waals surface area (Å²) in [5.41, 5.74) is 6.00. The molecule has 3 aromatic heterocycles. The highest BCUT2D eigenvalue weighted by Gasteiger charge is 2.42. The predicted octanol–water partition coefficient (Wildman–Crippen LogP) is 7.66. The quantitative estimate of drug-likeness (QED) is 0.196. The zero-order chi connectivity index (χ0) is 28.5. The van der Waals surface area contributed by atoms with Crippen molar-refractivity contribution in [2.75, 3.05) is 0 Å². The van der Waals surface area contributed by atoms with Crippen molar-refractivity contribution in [2.24, 2.45) is 5.41 Å². The van der Waals surface area contributed by atoms with E-state index in [0.717, 1.165) is 63.0 Å². The molecule has 210 valence electrons. The van der Waals surface area contributed by atoms with Crippen molar-refractivity contribution in [3.63, 3.8) is 0 Å². The minimum atomic E-state index is -0.772. The van der Waals surface area contributed by atoms with Gasteiger partial charge in [-0.25, -0.2) is 9.97 Å². The van der Waals surface area contributed by atoms with Crippen LogP contribution in [-0.4, -0.2) is 25.6 Å². The second-order valence-electron chi connectivity index (χ2n) is 11.2. The molecule has 1 saturated carbocycles. The summed E-state index contributed by atoms with van der Waals surface area (Å²) in [5.74, 6) is 0.767. The minimum Gasteiger partial charge on any atom is -0.487 e. The Kier molecular flexibility index (Phi) is 6.70. The van der Waals surface area contributed by atoms with Gasteiger partial charge in [-0.1, -0.05) is 61.4 Å². The summed E-state index contributed by atoms with van der Waals surface area (Å²) < 4.78 is 13.5. The highest BCUT2D eigenvalue weighted by Crippen LogP contribution is 2.42. The number of aliphatic carboxylic acids is 1. The Morgan fingerprint density at radius 1 is 0.905 bits per heavy atom. The Balaban J connectivity index is 1.19. The van der Waals surface area contributed by atoms with Crippen LogP contribution in [0.3, 0.4) is 0 Å². The van der Waals surface area contributed by atoms with Crippen molar-refractivity contribution in [1.82, 2.24) is 14.5 Å². The zero-order valence-corrected chi connectivity index (χ0v) is 23.2. The number of carboxylic acids is 1. The molecule has 7 nitrogen and oxygen atoms in total. The van der Waals surface area contributed by atoms with Crippen molar-refractivity contribution in [1.29, 1.82) is 0 Å². The highest BCUT2D eigenvalue weighted by atomic mass is 16.5. The van der Waals surface area contributed by atoms with Gasteiger partial charge in [0.1, 0.15) is 18.2 Å². The number of furan rings is 1. The Labute approximate surface area is 243 Å². The normalized spacial score (nSPS) is 14.5. The lowest BCUT2D eigenvalue weighted by molar-refractivity contribution is -0.148. The van der Waals surface area contributed by atoms with Gasteiger partial charge in [0, 0.05) is 30.0 Å². The first kappa shape index (κ1) is 26.0. The number of aromatic nitrogens is 3. The topological polar surface area (TPSA) is 90.4 Å². The lowest BCUT2D eigenvalue weighted by atomic mass is 9.82. The number of carboxylic acid groups (broad SMARTS) is 1. The van der Waals surface area contributed by atoms with Gasteiger partial charge < -0.3 is 18.8 Å². The van der Waals surface area contributed by atoms with Crippen molar-refractivity contribution < 1.29 is 19.1 Å². The Hall–Kier alpha value is -4.91. The van der Waals surface area contributed by atoms with E-state index in [1.807, 2.05) is 54.6 Å². The first-order valence-electron chi connectivity index (χ1n) is 14.4. The Morgan fingerprint density at radius 2 is 1.74 bits per heavy atom. The fraction of sp³-hybridized carbons (Fsp3) is 0.229. The van der Waals surface area contributed by atoms with Crippen molar-refractivity contribution in [3.8, 4) is 16.9 Å². The summed E-state index contributed by atoms with van der Waals surface area (Å²) in [7, 11) is 0. The van der Waals surface area contributed by atoms with Gasteiger partial charge in [0.2, 0.25) is 0 Å². The minimum absolute atomic E-state index is 0.342. The molecule has 3 heterocycles. The molecule has 1 fully saturated rings. The molecule has 42 heavy (non-hydrogen) atoms. The van der Waals surface area contributed by atoms with Crippen LogP contribution in [0.4, 0.5) is 0 Å². The van der Waals surface area contributed by atoms with Crippen molar-refractivity contribution in [2.45, 2.75) is 45.3 Å². The fourth-order valence-corrected chi connectivity index (χ4v) is 6.14.